The summed E-state index contributed by atoms with van der Waals surface area (Å²) in [5, 5.41) is 20.4. The van der Waals surface area contributed by atoms with Gasteiger partial charge in [0.2, 0.25) is 5.91 Å². The Hall–Kier alpha value is -1.14. The van der Waals surface area contributed by atoms with Crippen molar-refractivity contribution in [2.24, 2.45) is 5.73 Å². The van der Waals surface area contributed by atoms with Crippen LogP contribution in [-0.4, -0.2) is 40.3 Å². The molecule has 0 saturated heterocycles. The Balaban J connectivity index is 4.03. The Morgan fingerprint density at radius 2 is 2.07 bits per heavy atom. The van der Waals surface area contributed by atoms with Gasteiger partial charge < -0.3 is 21.3 Å². The summed E-state index contributed by atoms with van der Waals surface area (Å²) < 4.78 is 0. The van der Waals surface area contributed by atoms with Crippen molar-refractivity contribution in [2.45, 2.75) is 38.3 Å². The van der Waals surface area contributed by atoms with E-state index in [1.807, 2.05) is 0 Å². The summed E-state index contributed by atoms with van der Waals surface area (Å²) in [6.07, 6.45) is 0.0710. The third-order valence-corrected chi connectivity index (χ3v) is 1.95. The summed E-state index contributed by atoms with van der Waals surface area (Å²) in [5.74, 6) is -1.50. The maximum absolute atomic E-state index is 11.2. The number of carboxylic acid groups (broad SMARTS) is 1. The van der Waals surface area contributed by atoms with Gasteiger partial charge in [-0.25, -0.2) is 0 Å². The van der Waals surface area contributed by atoms with Crippen LogP contribution < -0.4 is 11.1 Å². The molecular weight excluding hydrogens is 200 g/mol. The van der Waals surface area contributed by atoms with E-state index in [1.165, 1.54) is 6.92 Å². The number of rotatable bonds is 6. The van der Waals surface area contributed by atoms with Gasteiger partial charge in [0.1, 0.15) is 0 Å². The molecule has 0 aromatic carbocycles. The summed E-state index contributed by atoms with van der Waals surface area (Å²) in [6, 6.07) is -0.620. The number of carbonyl (C=O) groups excluding carboxylic acids is 1. The second-order valence-electron chi connectivity index (χ2n) is 3.80. The lowest BCUT2D eigenvalue weighted by molar-refractivity contribution is -0.142. The standard InChI is InChI=1S/C9H18N2O4/c1-3-6(10)8(14)11-5-9(2,15)4-7(12)13/h6,15H,3-5,10H2,1-2H3,(H,11,14)(H,12,13). The molecule has 6 heteroatoms. The third kappa shape index (κ3) is 6.03. The second-order valence-corrected chi connectivity index (χ2v) is 3.80. The highest BCUT2D eigenvalue weighted by atomic mass is 16.4. The van der Waals surface area contributed by atoms with Crippen LogP contribution in [0.3, 0.4) is 0 Å². The van der Waals surface area contributed by atoms with Gasteiger partial charge in [0, 0.05) is 6.54 Å². The molecule has 15 heavy (non-hydrogen) atoms. The second kappa shape index (κ2) is 5.67. The van der Waals surface area contributed by atoms with Gasteiger partial charge in [-0.2, -0.15) is 0 Å². The lowest BCUT2D eigenvalue weighted by atomic mass is 10.0. The van der Waals surface area contributed by atoms with E-state index in [2.05, 4.69) is 5.32 Å². The predicted molar refractivity (Wildman–Crippen MR) is 54.2 cm³/mol. The highest BCUT2D eigenvalue weighted by Gasteiger charge is 2.25. The Morgan fingerprint density at radius 3 is 2.47 bits per heavy atom. The van der Waals surface area contributed by atoms with E-state index < -0.39 is 24.0 Å². The molecule has 0 aromatic rings. The number of nitrogens with one attached hydrogen (secondary N) is 1. The molecule has 0 aliphatic heterocycles. The summed E-state index contributed by atoms with van der Waals surface area (Å²) in [6.45, 7) is 2.99. The van der Waals surface area contributed by atoms with E-state index in [9.17, 15) is 14.7 Å². The van der Waals surface area contributed by atoms with Crippen LogP contribution in [-0.2, 0) is 9.59 Å². The van der Waals surface area contributed by atoms with Crippen LogP contribution in [0.25, 0.3) is 0 Å². The number of carboxylic acids is 1. The molecule has 1 amide bonds. The van der Waals surface area contributed by atoms with Crippen LogP contribution in [0.15, 0.2) is 0 Å². The fraction of sp³-hybridized carbons (Fsp3) is 0.778. The maximum Gasteiger partial charge on any atom is 0.306 e. The minimum Gasteiger partial charge on any atom is -0.481 e. The molecule has 2 unspecified atom stereocenters. The van der Waals surface area contributed by atoms with Gasteiger partial charge >= 0.3 is 5.97 Å². The molecule has 0 aliphatic carbocycles. The van der Waals surface area contributed by atoms with Crippen molar-refractivity contribution in [3.05, 3.63) is 0 Å². The summed E-state index contributed by atoms with van der Waals surface area (Å²) in [5.41, 5.74) is 3.99. The highest BCUT2D eigenvalue weighted by Crippen LogP contribution is 2.07. The van der Waals surface area contributed by atoms with E-state index in [1.54, 1.807) is 6.92 Å². The fourth-order valence-electron chi connectivity index (χ4n) is 0.982. The number of nitrogens with two attached hydrogens (primary N) is 1. The van der Waals surface area contributed by atoms with Gasteiger partial charge in [0.25, 0.3) is 0 Å². The monoisotopic (exact) mass is 218 g/mol. The van der Waals surface area contributed by atoms with Gasteiger partial charge in [-0.05, 0) is 13.3 Å². The van der Waals surface area contributed by atoms with Gasteiger partial charge in [0.05, 0.1) is 18.1 Å². The minimum absolute atomic E-state index is 0.119. The van der Waals surface area contributed by atoms with Crippen molar-refractivity contribution < 1.29 is 19.8 Å². The number of hydrogen-bond donors (Lipinski definition) is 4. The quantitative estimate of drug-likeness (QED) is 0.460. The molecule has 88 valence electrons. The normalized spacial score (nSPS) is 16.5. The van der Waals surface area contributed by atoms with E-state index in [4.69, 9.17) is 10.8 Å². The number of aliphatic carboxylic acids is 1. The van der Waals surface area contributed by atoms with Crippen molar-refractivity contribution >= 4 is 11.9 Å². The molecule has 0 fully saturated rings. The van der Waals surface area contributed by atoms with Crippen molar-refractivity contribution in [2.75, 3.05) is 6.54 Å². The van der Waals surface area contributed by atoms with Gasteiger partial charge in [-0.3, -0.25) is 9.59 Å². The van der Waals surface area contributed by atoms with E-state index >= 15 is 0 Å². The molecule has 0 spiro atoms. The summed E-state index contributed by atoms with van der Waals surface area (Å²) >= 11 is 0. The molecule has 0 bridgehead atoms. The molecule has 2 atom stereocenters. The molecule has 0 radical (unpaired) electrons. The molecule has 0 saturated carbocycles. The zero-order valence-corrected chi connectivity index (χ0v) is 8.99. The van der Waals surface area contributed by atoms with E-state index in [0.717, 1.165) is 0 Å². The zero-order chi connectivity index (χ0) is 12.1. The molecule has 0 aliphatic rings. The number of amides is 1. The first kappa shape index (κ1) is 13.9. The highest BCUT2D eigenvalue weighted by molar-refractivity contribution is 5.81. The molecule has 0 heterocycles. The topological polar surface area (TPSA) is 113 Å². The Labute approximate surface area is 88.5 Å². The number of aliphatic hydroxyl groups is 1. The van der Waals surface area contributed by atoms with Crippen LogP contribution in [0.5, 0.6) is 0 Å². The van der Waals surface area contributed by atoms with Crippen LogP contribution in [0, 0.1) is 0 Å². The lowest BCUT2D eigenvalue weighted by Gasteiger charge is -2.22. The van der Waals surface area contributed by atoms with E-state index in [0.29, 0.717) is 6.42 Å². The summed E-state index contributed by atoms with van der Waals surface area (Å²) in [4.78, 5) is 21.6. The van der Waals surface area contributed by atoms with Crippen LogP contribution >= 0.6 is 0 Å². The van der Waals surface area contributed by atoms with E-state index in [-0.39, 0.29) is 12.5 Å². The van der Waals surface area contributed by atoms with Gasteiger partial charge in [0.15, 0.2) is 0 Å². The minimum atomic E-state index is -1.45. The maximum atomic E-state index is 11.2. The first-order chi connectivity index (χ1) is 6.78. The average Bonchev–Trinajstić information content (AvgIpc) is 2.11. The van der Waals surface area contributed by atoms with Crippen molar-refractivity contribution in [3.63, 3.8) is 0 Å². The van der Waals surface area contributed by atoms with Gasteiger partial charge in [-0.15, -0.1) is 0 Å². The van der Waals surface area contributed by atoms with Crippen LogP contribution in [0.2, 0.25) is 0 Å². The molecule has 5 N–H and O–H groups in total. The Bertz CT molecular complexity index is 240. The van der Waals surface area contributed by atoms with Crippen LogP contribution in [0.1, 0.15) is 26.7 Å². The Kier molecular flexibility index (Phi) is 5.24. The molecule has 0 rings (SSSR count). The smallest absolute Gasteiger partial charge is 0.306 e. The fourth-order valence-corrected chi connectivity index (χ4v) is 0.982. The number of carbonyl (C=O) groups is 2. The number of hydrogen-bond acceptors (Lipinski definition) is 4. The van der Waals surface area contributed by atoms with Gasteiger partial charge in [-0.1, -0.05) is 6.92 Å². The lowest BCUT2D eigenvalue weighted by Crippen LogP contribution is -2.47. The van der Waals surface area contributed by atoms with Crippen molar-refractivity contribution in [3.8, 4) is 0 Å². The molecule has 6 nitrogen and oxygen atoms in total. The third-order valence-electron chi connectivity index (χ3n) is 1.95. The molecular formula is C9H18N2O4. The Morgan fingerprint density at radius 1 is 1.53 bits per heavy atom. The summed E-state index contributed by atoms with van der Waals surface area (Å²) in [7, 11) is 0. The molecule has 0 aromatic heterocycles. The average molecular weight is 218 g/mol. The zero-order valence-electron chi connectivity index (χ0n) is 8.99. The first-order valence-electron chi connectivity index (χ1n) is 4.76. The predicted octanol–water partition coefficient (Wildman–Crippen LogP) is -0.934. The van der Waals surface area contributed by atoms with Crippen LogP contribution in [0.4, 0.5) is 0 Å². The SMILES string of the molecule is CCC(N)C(=O)NCC(C)(O)CC(=O)O. The first-order valence-corrected chi connectivity index (χ1v) is 4.76. The largest absolute Gasteiger partial charge is 0.481 e. The van der Waals surface area contributed by atoms with Crippen molar-refractivity contribution in [1.29, 1.82) is 0 Å². The van der Waals surface area contributed by atoms with Crippen molar-refractivity contribution in [1.82, 2.24) is 5.32 Å².